The number of benzene rings is 1. The molecular formula is C13H14ClN3O4. The van der Waals surface area contributed by atoms with Crippen molar-refractivity contribution >= 4 is 29.1 Å². The zero-order valence-electron chi connectivity index (χ0n) is 11.2. The Morgan fingerprint density at radius 3 is 2.10 bits per heavy atom. The molecule has 1 fully saturated rings. The molecule has 8 heteroatoms. The van der Waals surface area contributed by atoms with Crippen LogP contribution in [0.1, 0.15) is 10.4 Å². The van der Waals surface area contributed by atoms with Crippen LogP contribution in [-0.4, -0.2) is 58.6 Å². The van der Waals surface area contributed by atoms with Crippen LogP contribution < -0.4 is 0 Å². The molecule has 7 nitrogen and oxygen atoms in total. The molecule has 0 spiro atoms. The molecule has 1 aromatic carbocycles. The lowest BCUT2D eigenvalue weighted by Crippen LogP contribution is -2.50. The highest BCUT2D eigenvalue weighted by Crippen LogP contribution is 2.14. The average molecular weight is 312 g/mol. The van der Waals surface area contributed by atoms with E-state index in [1.807, 2.05) is 0 Å². The number of alkyl halides is 1. The number of piperazine rings is 1. The molecule has 2 amide bonds. The molecule has 1 aliphatic rings. The van der Waals surface area contributed by atoms with Gasteiger partial charge in [-0.25, -0.2) is 0 Å². The minimum Gasteiger partial charge on any atom is -0.338 e. The van der Waals surface area contributed by atoms with Crippen molar-refractivity contribution in [2.45, 2.75) is 0 Å². The molecule has 0 bridgehead atoms. The summed E-state index contributed by atoms with van der Waals surface area (Å²) in [4.78, 5) is 37.0. The number of rotatable bonds is 3. The van der Waals surface area contributed by atoms with Crippen molar-refractivity contribution < 1.29 is 14.5 Å². The van der Waals surface area contributed by atoms with Crippen LogP contribution in [0.25, 0.3) is 0 Å². The van der Waals surface area contributed by atoms with Gasteiger partial charge in [-0.1, -0.05) is 0 Å². The molecule has 2 rings (SSSR count). The van der Waals surface area contributed by atoms with Crippen molar-refractivity contribution in [1.29, 1.82) is 0 Å². The Bertz CT molecular complexity index is 553. The lowest BCUT2D eigenvalue weighted by Gasteiger charge is -2.34. The number of hydrogen-bond acceptors (Lipinski definition) is 4. The number of hydrogen-bond donors (Lipinski definition) is 0. The minimum absolute atomic E-state index is 0.0518. The molecule has 1 aromatic rings. The van der Waals surface area contributed by atoms with Gasteiger partial charge in [-0.05, 0) is 12.1 Å². The first-order chi connectivity index (χ1) is 10.0. The van der Waals surface area contributed by atoms with Crippen LogP contribution in [-0.2, 0) is 4.79 Å². The molecule has 21 heavy (non-hydrogen) atoms. The molecule has 0 N–H and O–H groups in total. The third-order valence-corrected chi connectivity index (χ3v) is 3.59. The predicted molar refractivity (Wildman–Crippen MR) is 76.3 cm³/mol. The van der Waals surface area contributed by atoms with Gasteiger partial charge < -0.3 is 9.80 Å². The van der Waals surface area contributed by atoms with E-state index >= 15 is 0 Å². The van der Waals surface area contributed by atoms with Crippen molar-refractivity contribution in [3.8, 4) is 0 Å². The Labute approximate surface area is 126 Å². The minimum atomic E-state index is -0.509. The molecule has 1 heterocycles. The van der Waals surface area contributed by atoms with E-state index in [2.05, 4.69) is 0 Å². The van der Waals surface area contributed by atoms with E-state index in [9.17, 15) is 19.7 Å². The number of carbonyl (C=O) groups excluding carboxylic acids is 2. The van der Waals surface area contributed by atoms with Gasteiger partial charge in [0.1, 0.15) is 5.88 Å². The van der Waals surface area contributed by atoms with Gasteiger partial charge in [0.25, 0.3) is 11.6 Å². The van der Waals surface area contributed by atoms with E-state index in [0.717, 1.165) is 0 Å². The fourth-order valence-corrected chi connectivity index (χ4v) is 2.32. The van der Waals surface area contributed by atoms with Crippen LogP contribution in [0.3, 0.4) is 0 Å². The second-order valence-electron chi connectivity index (χ2n) is 4.61. The highest BCUT2D eigenvalue weighted by molar-refractivity contribution is 6.27. The van der Waals surface area contributed by atoms with Crippen molar-refractivity contribution in [3.63, 3.8) is 0 Å². The van der Waals surface area contributed by atoms with Crippen LogP contribution in [0, 0.1) is 10.1 Å². The summed E-state index contributed by atoms with van der Waals surface area (Å²) in [6.45, 7) is 1.76. The molecule has 1 saturated heterocycles. The topological polar surface area (TPSA) is 83.8 Å². The van der Waals surface area contributed by atoms with Crippen molar-refractivity contribution in [2.24, 2.45) is 0 Å². The largest absolute Gasteiger partial charge is 0.338 e. The van der Waals surface area contributed by atoms with Crippen LogP contribution in [0.15, 0.2) is 24.3 Å². The molecule has 112 valence electrons. The third kappa shape index (κ3) is 3.49. The van der Waals surface area contributed by atoms with Gasteiger partial charge in [-0.3, -0.25) is 19.7 Å². The maximum Gasteiger partial charge on any atom is 0.269 e. The number of halogens is 1. The van der Waals surface area contributed by atoms with Crippen LogP contribution in [0.2, 0.25) is 0 Å². The normalized spacial score (nSPS) is 14.9. The summed E-state index contributed by atoms with van der Waals surface area (Å²) < 4.78 is 0. The summed E-state index contributed by atoms with van der Waals surface area (Å²) in [5.41, 5.74) is 0.349. The van der Waals surface area contributed by atoms with Gasteiger partial charge in [-0.2, -0.15) is 0 Å². The fourth-order valence-electron chi connectivity index (χ4n) is 2.15. The number of carbonyl (C=O) groups is 2. The smallest absolute Gasteiger partial charge is 0.269 e. The van der Waals surface area contributed by atoms with Crippen LogP contribution >= 0.6 is 11.6 Å². The Hall–Kier alpha value is -2.15. The third-order valence-electron chi connectivity index (χ3n) is 3.36. The maximum atomic E-state index is 12.3. The quantitative estimate of drug-likeness (QED) is 0.475. The van der Waals surface area contributed by atoms with Crippen LogP contribution in [0.4, 0.5) is 5.69 Å². The first-order valence-electron chi connectivity index (χ1n) is 6.40. The number of nitro groups is 1. The first-order valence-corrected chi connectivity index (χ1v) is 6.94. The van der Waals surface area contributed by atoms with Gasteiger partial charge in [0.2, 0.25) is 5.91 Å². The number of nitro benzene ring substituents is 1. The summed E-state index contributed by atoms with van der Waals surface area (Å²) in [5.74, 6) is -0.391. The zero-order chi connectivity index (χ0) is 15.4. The Morgan fingerprint density at radius 1 is 1.10 bits per heavy atom. The number of amides is 2. The van der Waals surface area contributed by atoms with E-state index in [1.54, 1.807) is 9.80 Å². The summed E-state index contributed by atoms with van der Waals surface area (Å²) in [6.07, 6.45) is 0. The number of non-ortho nitro benzene ring substituents is 1. The van der Waals surface area contributed by atoms with Crippen LogP contribution in [0.5, 0.6) is 0 Å². The summed E-state index contributed by atoms with van der Waals surface area (Å²) in [7, 11) is 0. The monoisotopic (exact) mass is 311 g/mol. The van der Waals surface area contributed by atoms with Gasteiger partial charge in [0, 0.05) is 43.9 Å². The molecule has 0 saturated carbocycles. The van der Waals surface area contributed by atoms with Crippen molar-refractivity contribution in [1.82, 2.24) is 9.80 Å². The molecule has 0 aliphatic carbocycles. The lowest BCUT2D eigenvalue weighted by atomic mass is 10.1. The molecule has 0 aromatic heterocycles. The standard InChI is InChI=1S/C13H14ClN3O4/c14-9-12(18)15-5-7-16(8-6-15)13(19)10-1-3-11(4-2-10)17(20)21/h1-4H,5-9H2. The summed E-state index contributed by atoms with van der Waals surface area (Å²) in [5, 5.41) is 10.6. The average Bonchev–Trinajstić information content (AvgIpc) is 2.53. The SMILES string of the molecule is O=C(CCl)N1CCN(C(=O)c2ccc([N+](=O)[O-])cc2)CC1. The van der Waals surface area contributed by atoms with E-state index < -0.39 is 4.92 Å². The highest BCUT2D eigenvalue weighted by Gasteiger charge is 2.24. The number of nitrogens with zero attached hydrogens (tertiary/aromatic N) is 3. The summed E-state index contributed by atoms with van der Waals surface area (Å²) in [6, 6.07) is 5.49. The van der Waals surface area contributed by atoms with Gasteiger partial charge >= 0.3 is 0 Å². The van der Waals surface area contributed by atoms with E-state index in [4.69, 9.17) is 11.6 Å². The molecule has 0 radical (unpaired) electrons. The Morgan fingerprint density at radius 2 is 1.62 bits per heavy atom. The molecule has 1 aliphatic heterocycles. The molecule has 0 atom stereocenters. The second-order valence-corrected chi connectivity index (χ2v) is 4.88. The van der Waals surface area contributed by atoms with Crippen molar-refractivity contribution in [3.05, 3.63) is 39.9 Å². The maximum absolute atomic E-state index is 12.3. The van der Waals surface area contributed by atoms with Gasteiger partial charge in [-0.15, -0.1) is 11.6 Å². The highest BCUT2D eigenvalue weighted by atomic mass is 35.5. The van der Waals surface area contributed by atoms with Gasteiger partial charge in [0.05, 0.1) is 4.92 Å². The summed E-state index contributed by atoms with van der Waals surface area (Å²) >= 11 is 5.49. The predicted octanol–water partition coefficient (Wildman–Crippen LogP) is 1.12. The van der Waals surface area contributed by atoms with E-state index in [0.29, 0.717) is 31.7 Å². The fraction of sp³-hybridized carbons (Fsp3) is 0.385. The second kappa shape index (κ2) is 6.53. The van der Waals surface area contributed by atoms with Crippen molar-refractivity contribution in [2.75, 3.05) is 32.1 Å². The van der Waals surface area contributed by atoms with E-state index in [1.165, 1.54) is 24.3 Å². The first kappa shape index (κ1) is 15.2. The Kier molecular flexibility index (Phi) is 4.74. The Balaban J connectivity index is 1.98. The van der Waals surface area contributed by atoms with E-state index in [-0.39, 0.29) is 23.4 Å². The molecule has 0 unspecified atom stereocenters. The zero-order valence-corrected chi connectivity index (χ0v) is 12.0. The van der Waals surface area contributed by atoms with Gasteiger partial charge in [0.15, 0.2) is 0 Å². The lowest BCUT2D eigenvalue weighted by molar-refractivity contribution is -0.384. The molecular weight excluding hydrogens is 298 g/mol.